The second-order valence-electron chi connectivity index (χ2n) is 13.1. The van der Waals surface area contributed by atoms with Gasteiger partial charge in [0.05, 0.1) is 5.92 Å². The highest BCUT2D eigenvalue weighted by Gasteiger charge is 2.59. The predicted molar refractivity (Wildman–Crippen MR) is 141 cm³/mol. The van der Waals surface area contributed by atoms with Crippen molar-refractivity contribution in [2.45, 2.75) is 131 Å². The highest BCUT2D eigenvalue weighted by atomic mass is 17.4. The Morgan fingerprint density at radius 3 is 2.00 bits per heavy atom. The average molecular weight is 505 g/mol. The Kier molecular flexibility index (Phi) is 10.6. The third-order valence-electron chi connectivity index (χ3n) is 6.78. The number of carbonyl (C=O) groups is 2. The minimum absolute atomic E-state index is 0.224. The first-order valence-corrected chi connectivity index (χ1v) is 13.5. The van der Waals surface area contributed by atoms with E-state index in [1.54, 1.807) is 0 Å². The van der Waals surface area contributed by atoms with E-state index < -0.39 is 23.6 Å². The van der Waals surface area contributed by atoms with Crippen LogP contribution in [0.15, 0.2) is 18.2 Å². The van der Waals surface area contributed by atoms with Crippen LogP contribution in [0.25, 0.3) is 0 Å². The van der Waals surface area contributed by atoms with Gasteiger partial charge in [0.15, 0.2) is 0 Å². The van der Waals surface area contributed by atoms with Gasteiger partial charge < -0.3 is 0 Å². The maximum Gasteiger partial charge on any atom is 0.420 e. The summed E-state index contributed by atoms with van der Waals surface area (Å²) >= 11 is 0. The molecule has 1 aromatic carbocycles. The van der Waals surface area contributed by atoms with Crippen LogP contribution in [0, 0.1) is 17.8 Å². The molecule has 0 radical (unpaired) electrons. The molecular formula is C30H48O6. The van der Waals surface area contributed by atoms with Crippen molar-refractivity contribution < 1.29 is 29.1 Å². The number of carbonyl (C=O) groups excluding carboxylic acids is 2. The van der Waals surface area contributed by atoms with Crippen LogP contribution in [-0.4, -0.2) is 17.7 Å². The van der Waals surface area contributed by atoms with Crippen molar-refractivity contribution in [2.75, 3.05) is 0 Å². The minimum Gasteiger partial charge on any atom is -0.247 e. The Balaban J connectivity index is 2.03. The minimum atomic E-state index is -1.45. The molecule has 0 saturated carbocycles. The van der Waals surface area contributed by atoms with Crippen LogP contribution in [0.4, 0.5) is 0 Å². The van der Waals surface area contributed by atoms with Gasteiger partial charge in [0.25, 0.3) is 0 Å². The van der Waals surface area contributed by atoms with Crippen molar-refractivity contribution in [3.8, 4) is 0 Å². The highest BCUT2D eigenvalue weighted by Crippen LogP contribution is 2.38. The van der Waals surface area contributed by atoms with Gasteiger partial charge in [-0.2, -0.15) is 9.78 Å². The first-order valence-electron chi connectivity index (χ1n) is 13.5. The van der Waals surface area contributed by atoms with E-state index >= 15 is 0 Å². The summed E-state index contributed by atoms with van der Waals surface area (Å²) in [6.07, 6.45) is 6.66. The maximum atomic E-state index is 13.2. The van der Waals surface area contributed by atoms with Gasteiger partial charge in [-0.1, -0.05) is 92.9 Å². The van der Waals surface area contributed by atoms with E-state index in [0.29, 0.717) is 18.8 Å². The zero-order chi connectivity index (χ0) is 27.1. The Labute approximate surface area is 218 Å². The van der Waals surface area contributed by atoms with Gasteiger partial charge in [-0.05, 0) is 66.0 Å². The fourth-order valence-corrected chi connectivity index (χ4v) is 4.31. The van der Waals surface area contributed by atoms with Crippen LogP contribution < -0.4 is 0 Å². The maximum absolute atomic E-state index is 13.2. The summed E-state index contributed by atoms with van der Waals surface area (Å²) < 4.78 is 0. The van der Waals surface area contributed by atoms with Crippen LogP contribution >= 0.6 is 0 Å². The molecule has 0 bridgehead atoms. The van der Waals surface area contributed by atoms with Gasteiger partial charge in [-0.25, -0.2) is 19.4 Å². The first-order chi connectivity index (χ1) is 16.6. The van der Waals surface area contributed by atoms with Gasteiger partial charge in [0.2, 0.25) is 0 Å². The molecule has 36 heavy (non-hydrogen) atoms. The zero-order valence-electron chi connectivity index (χ0n) is 24.0. The summed E-state index contributed by atoms with van der Waals surface area (Å²) in [7, 11) is 0. The van der Waals surface area contributed by atoms with Crippen molar-refractivity contribution in [2.24, 2.45) is 10.8 Å². The third-order valence-corrected chi connectivity index (χ3v) is 6.78. The number of unbranched alkanes of at least 4 members (excludes halogenated alkanes) is 2. The lowest BCUT2D eigenvalue weighted by Gasteiger charge is -2.21. The Morgan fingerprint density at radius 2 is 1.47 bits per heavy atom. The van der Waals surface area contributed by atoms with E-state index in [9.17, 15) is 9.59 Å². The number of benzene rings is 1. The average Bonchev–Trinajstić information content (AvgIpc) is 3.55. The van der Waals surface area contributed by atoms with Gasteiger partial charge in [0.1, 0.15) is 0 Å². The van der Waals surface area contributed by atoms with E-state index in [-0.39, 0.29) is 10.8 Å². The molecule has 0 aromatic heterocycles. The van der Waals surface area contributed by atoms with Crippen molar-refractivity contribution in [3.63, 3.8) is 0 Å². The van der Waals surface area contributed by atoms with Crippen molar-refractivity contribution in [1.29, 1.82) is 0 Å². The van der Waals surface area contributed by atoms with Crippen molar-refractivity contribution in [3.05, 3.63) is 34.9 Å². The molecule has 204 valence electrons. The Morgan fingerprint density at radius 1 is 0.889 bits per heavy atom. The second kappa shape index (κ2) is 12.6. The molecule has 1 unspecified atom stereocenters. The van der Waals surface area contributed by atoms with Crippen molar-refractivity contribution >= 4 is 11.9 Å². The number of rotatable bonds is 12. The molecule has 0 amide bonds. The lowest BCUT2D eigenvalue weighted by molar-refractivity contribution is -0.265. The first kappa shape index (κ1) is 30.3. The molecule has 2 rings (SSSR count). The molecule has 1 fully saturated rings. The van der Waals surface area contributed by atoms with Gasteiger partial charge >= 0.3 is 17.7 Å². The normalized spacial score (nSPS) is 16.1. The molecule has 1 atom stereocenters. The molecule has 6 nitrogen and oxygen atoms in total. The molecule has 0 aliphatic carbocycles. The SMILES string of the molecule is Cc1ccc(C(C)C)cc1C(CCCCC(C)(C)C)C(=O)OOC(=O)C1(CCCCC(C)(C)C)OO1. The van der Waals surface area contributed by atoms with E-state index in [1.165, 1.54) is 0 Å². The summed E-state index contributed by atoms with van der Waals surface area (Å²) in [4.78, 5) is 45.9. The topological polar surface area (TPSA) is 77.7 Å². The van der Waals surface area contributed by atoms with E-state index in [2.05, 4.69) is 67.5 Å². The van der Waals surface area contributed by atoms with E-state index in [0.717, 1.165) is 55.2 Å². The molecule has 0 N–H and O–H groups in total. The monoisotopic (exact) mass is 504 g/mol. The predicted octanol–water partition coefficient (Wildman–Crippen LogP) is 8.07. The number of hydrogen-bond donors (Lipinski definition) is 0. The lowest BCUT2D eigenvalue weighted by atomic mass is 9.85. The summed E-state index contributed by atoms with van der Waals surface area (Å²) in [6, 6.07) is 6.22. The smallest absolute Gasteiger partial charge is 0.247 e. The molecule has 1 saturated heterocycles. The molecule has 1 aliphatic heterocycles. The summed E-state index contributed by atoms with van der Waals surface area (Å²) in [5, 5.41) is 0. The standard InChI is InChI=1S/C30H48O6/c1-21(2)23-16-15-22(3)25(20-23)24(14-10-11-17-28(4,5)6)26(31)33-34-27(32)30(35-36-30)19-13-12-18-29(7,8)9/h15-16,20-21,24H,10-14,17-19H2,1-9H3. The zero-order valence-corrected chi connectivity index (χ0v) is 24.0. The number of aryl methyl sites for hydroxylation is 1. The van der Waals surface area contributed by atoms with Gasteiger partial charge in [0, 0.05) is 6.42 Å². The molecule has 1 aliphatic rings. The summed E-state index contributed by atoms with van der Waals surface area (Å²) in [6.45, 7) is 19.4. The quantitative estimate of drug-likeness (QED) is 0.124. The van der Waals surface area contributed by atoms with Crippen LogP contribution in [0.5, 0.6) is 0 Å². The van der Waals surface area contributed by atoms with Crippen LogP contribution in [0.1, 0.15) is 135 Å². The fraction of sp³-hybridized carbons (Fsp3) is 0.733. The number of hydrogen-bond acceptors (Lipinski definition) is 6. The van der Waals surface area contributed by atoms with E-state index in [1.807, 2.05) is 13.0 Å². The second-order valence-corrected chi connectivity index (χ2v) is 13.1. The fourth-order valence-electron chi connectivity index (χ4n) is 4.31. The van der Waals surface area contributed by atoms with Crippen LogP contribution in [-0.2, 0) is 29.1 Å². The van der Waals surface area contributed by atoms with Gasteiger partial charge in [-0.3, -0.25) is 0 Å². The largest absolute Gasteiger partial charge is 0.420 e. The van der Waals surface area contributed by atoms with Crippen LogP contribution in [0.2, 0.25) is 0 Å². The summed E-state index contributed by atoms with van der Waals surface area (Å²) in [5.41, 5.74) is 3.57. The summed E-state index contributed by atoms with van der Waals surface area (Å²) in [5.74, 6) is -3.01. The van der Waals surface area contributed by atoms with Crippen LogP contribution in [0.3, 0.4) is 0 Å². The Bertz CT molecular complexity index is 870. The molecule has 1 aromatic rings. The Hall–Kier alpha value is -1.92. The van der Waals surface area contributed by atoms with E-state index in [4.69, 9.17) is 19.6 Å². The molecular weight excluding hydrogens is 456 g/mol. The molecule has 6 heteroatoms. The van der Waals surface area contributed by atoms with Gasteiger partial charge in [-0.15, -0.1) is 0 Å². The highest BCUT2D eigenvalue weighted by molar-refractivity contribution is 5.82. The van der Waals surface area contributed by atoms with Crippen molar-refractivity contribution in [1.82, 2.24) is 0 Å². The molecule has 0 spiro atoms. The molecule has 1 heterocycles. The lowest BCUT2D eigenvalue weighted by Crippen LogP contribution is -2.29. The third kappa shape index (κ3) is 9.85.